The third-order valence-electron chi connectivity index (χ3n) is 4.39. The van der Waals surface area contributed by atoms with Gasteiger partial charge in [0.05, 0.1) is 6.42 Å². The molecule has 0 bridgehead atoms. The molecule has 0 aliphatic heterocycles. The minimum absolute atomic E-state index is 0.0634. The summed E-state index contributed by atoms with van der Waals surface area (Å²) >= 11 is 0. The molecular weight excluding hydrogens is 222 g/mol. The van der Waals surface area contributed by atoms with Crippen LogP contribution < -0.4 is 0 Å². The Morgan fingerprint density at radius 1 is 1.65 bits per heavy atom. The monoisotopic (exact) mass is 239 g/mol. The molecule has 17 heavy (non-hydrogen) atoms. The standard InChI is InChI=1S/C12H17NO4/c1-2-8-3-9-5-12(6-11(14)15,7-13(16)17)10(9)4-8/h2,9-10H,3-7H2,1H3,(H,14,15)/b8-2+/t9-,10-,12-/m1/s1. The first-order valence-electron chi connectivity index (χ1n) is 5.94. The molecule has 0 aromatic carbocycles. The van der Waals surface area contributed by atoms with E-state index in [0.717, 1.165) is 12.8 Å². The lowest BCUT2D eigenvalue weighted by Crippen LogP contribution is -2.50. The smallest absolute Gasteiger partial charge is 0.304 e. The lowest BCUT2D eigenvalue weighted by molar-refractivity contribution is -0.506. The third kappa shape index (κ3) is 2.06. The first-order chi connectivity index (χ1) is 7.97. The maximum Gasteiger partial charge on any atom is 0.304 e. The lowest BCUT2D eigenvalue weighted by Gasteiger charge is -2.49. The van der Waals surface area contributed by atoms with Gasteiger partial charge in [0.25, 0.3) is 0 Å². The SMILES string of the molecule is C/C=C1\C[C@@H]2C[C@@](CC(=O)O)(C[N+](=O)[O-])[C@@H]2C1. The van der Waals surface area contributed by atoms with Crippen LogP contribution in [0.15, 0.2) is 11.6 Å². The second-order valence-electron chi connectivity index (χ2n) is 5.35. The van der Waals surface area contributed by atoms with Crippen molar-refractivity contribution in [2.45, 2.75) is 32.6 Å². The molecule has 5 nitrogen and oxygen atoms in total. The number of rotatable bonds is 4. The summed E-state index contributed by atoms with van der Waals surface area (Å²) in [5.74, 6) is -0.241. The number of allylic oxidation sites excluding steroid dienone is 2. The fourth-order valence-electron chi connectivity index (χ4n) is 3.69. The van der Waals surface area contributed by atoms with Crippen LogP contribution in [0.1, 0.15) is 32.6 Å². The number of hydrogen-bond acceptors (Lipinski definition) is 3. The number of carboxylic acids is 1. The summed E-state index contributed by atoms with van der Waals surface area (Å²) in [5, 5.41) is 19.7. The molecule has 5 heteroatoms. The van der Waals surface area contributed by atoms with Crippen molar-refractivity contribution in [3.8, 4) is 0 Å². The van der Waals surface area contributed by atoms with Gasteiger partial charge in [-0.05, 0) is 38.0 Å². The average molecular weight is 239 g/mol. The van der Waals surface area contributed by atoms with Crippen molar-refractivity contribution in [2.75, 3.05) is 6.54 Å². The molecule has 3 atom stereocenters. The number of aliphatic carboxylic acids is 1. The third-order valence-corrected chi connectivity index (χ3v) is 4.39. The molecule has 94 valence electrons. The summed E-state index contributed by atoms with van der Waals surface area (Å²) in [7, 11) is 0. The van der Waals surface area contributed by atoms with E-state index < -0.39 is 11.4 Å². The number of fused-ring (bicyclic) bond motifs is 1. The summed E-state index contributed by atoms with van der Waals surface area (Å²) in [6.45, 7) is 1.78. The van der Waals surface area contributed by atoms with Crippen LogP contribution in [0.2, 0.25) is 0 Å². The molecule has 2 aliphatic carbocycles. The van der Waals surface area contributed by atoms with Crippen molar-refractivity contribution in [3.05, 3.63) is 21.8 Å². The Balaban J connectivity index is 2.15. The topological polar surface area (TPSA) is 80.4 Å². The average Bonchev–Trinajstić information content (AvgIpc) is 2.54. The molecule has 2 aliphatic rings. The van der Waals surface area contributed by atoms with E-state index in [1.165, 1.54) is 5.57 Å². The maximum absolute atomic E-state index is 10.9. The number of carboxylic acid groups (broad SMARTS) is 1. The Hall–Kier alpha value is -1.39. The highest BCUT2D eigenvalue weighted by Crippen LogP contribution is 2.62. The van der Waals surface area contributed by atoms with Gasteiger partial charge in [-0.1, -0.05) is 11.6 Å². The van der Waals surface area contributed by atoms with E-state index >= 15 is 0 Å². The van der Waals surface area contributed by atoms with Crippen molar-refractivity contribution in [3.63, 3.8) is 0 Å². The summed E-state index contributed by atoms with van der Waals surface area (Å²) in [5.41, 5.74) is 0.737. The van der Waals surface area contributed by atoms with E-state index in [9.17, 15) is 14.9 Å². The van der Waals surface area contributed by atoms with Gasteiger partial charge < -0.3 is 5.11 Å². The Labute approximate surface area is 99.7 Å². The highest BCUT2D eigenvalue weighted by Gasteiger charge is 2.59. The van der Waals surface area contributed by atoms with Crippen LogP contribution >= 0.6 is 0 Å². The van der Waals surface area contributed by atoms with Gasteiger partial charge in [-0.3, -0.25) is 14.9 Å². The second-order valence-corrected chi connectivity index (χ2v) is 5.35. The second kappa shape index (κ2) is 4.13. The van der Waals surface area contributed by atoms with Crippen LogP contribution in [0.4, 0.5) is 0 Å². The van der Waals surface area contributed by atoms with Gasteiger partial charge in [-0.2, -0.15) is 0 Å². The first-order valence-corrected chi connectivity index (χ1v) is 5.94. The number of carbonyl (C=O) groups is 1. The van der Waals surface area contributed by atoms with E-state index in [-0.39, 0.29) is 23.8 Å². The molecule has 2 fully saturated rings. The van der Waals surface area contributed by atoms with E-state index in [1.54, 1.807) is 0 Å². The molecule has 1 N–H and O–H groups in total. The summed E-state index contributed by atoms with van der Waals surface area (Å²) in [4.78, 5) is 21.3. The predicted octanol–water partition coefficient (Wildman–Crippen LogP) is 2.10. The molecule has 0 aromatic heterocycles. The molecule has 0 amide bonds. The molecule has 2 saturated carbocycles. The van der Waals surface area contributed by atoms with Crippen LogP contribution in [0.3, 0.4) is 0 Å². The number of nitrogens with zero attached hydrogens (tertiary/aromatic N) is 1. The highest BCUT2D eigenvalue weighted by molar-refractivity contribution is 5.68. The zero-order valence-corrected chi connectivity index (χ0v) is 9.89. The lowest BCUT2D eigenvalue weighted by atomic mass is 9.53. The minimum Gasteiger partial charge on any atom is -0.481 e. The Kier molecular flexibility index (Phi) is 2.93. The molecular formula is C12H17NO4. The molecule has 2 rings (SSSR count). The van der Waals surface area contributed by atoms with Gasteiger partial charge in [0.1, 0.15) is 0 Å². The van der Waals surface area contributed by atoms with Gasteiger partial charge in [-0.25, -0.2) is 0 Å². The normalized spacial score (nSPS) is 37.6. The van der Waals surface area contributed by atoms with Crippen LogP contribution in [-0.2, 0) is 4.79 Å². The maximum atomic E-state index is 10.9. The Morgan fingerprint density at radius 2 is 2.35 bits per heavy atom. The van der Waals surface area contributed by atoms with E-state index in [1.807, 2.05) is 6.92 Å². The van der Waals surface area contributed by atoms with Crippen molar-refractivity contribution in [2.24, 2.45) is 17.3 Å². The summed E-state index contributed by atoms with van der Waals surface area (Å²) < 4.78 is 0. The van der Waals surface area contributed by atoms with Crippen LogP contribution in [0.25, 0.3) is 0 Å². The van der Waals surface area contributed by atoms with Gasteiger partial charge in [0, 0.05) is 10.3 Å². The van der Waals surface area contributed by atoms with Crippen molar-refractivity contribution < 1.29 is 14.8 Å². The number of nitro groups is 1. The minimum atomic E-state index is -0.917. The summed E-state index contributed by atoms with van der Waals surface area (Å²) in [6, 6.07) is 0. The van der Waals surface area contributed by atoms with Gasteiger partial charge in [-0.15, -0.1) is 0 Å². The van der Waals surface area contributed by atoms with E-state index in [2.05, 4.69) is 6.08 Å². The quantitative estimate of drug-likeness (QED) is 0.463. The largest absolute Gasteiger partial charge is 0.481 e. The van der Waals surface area contributed by atoms with Crippen molar-refractivity contribution in [1.82, 2.24) is 0 Å². The molecule has 0 heterocycles. The molecule has 0 unspecified atom stereocenters. The number of hydrogen-bond donors (Lipinski definition) is 1. The summed E-state index contributed by atoms with van der Waals surface area (Å²) in [6.07, 6.45) is 4.55. The zero-order chi connectivity index (χ0) is 12.6. The van der Waals surface area contributed by atoms with E-state index in [0.29, 0.717) is 12.3 Å². The molecule has 0 radical (unpaired) electrons. The van der Waals surface area contributed by atoms with Crippen LogP contribution in [-0.4, -0.2) is 22.5 Å². The fourth-order valence-corrected chi connectivity index (χ4v) is 3.69. The first kappa shape index (κ1) is 12.1. The highest BCUT2D eigenvalue weighted by atomic mass is 16.6. The Morgan fingerprint density at radius 3 is 2.88 bits per heavy atom. The van der Waals surface area contributed by atoms with Gasteiger partial charge in [0.2, 0.25) is 6.54 Å². The Bertz CT molecular complexity index is 372. The van der Waals surface area contributed by atoms with Crippen molar-refractivity contribution in [1.29, 1.82) is 0 Å². The zero-order valence-electron chi connectivity index (χ0n) is 9.89. The van der Waals surface area contributed by atoms with Crippen molar-refractivity contribution >= 4 is 5.97 Å². The van der Waals surface area contributed by atoms with Crippen LogP contribution in [0.5, 0.6) is 0 Å². The fraction of sp³-hybridized carbons (Fsp3) is 0.750. The molecule has 0 aromatic rings. The predicted molar refractivity (Wildman–Crippen MR) is 61.1 cm³/mol. The van der Waals surface area contributed by atoms with Crippen LogP contribution in [0, 0.1) is 27.4 Å². The molecule has 0 spiro atoms. The van der Waals surface area contributed by atoms with E-state index in [4.69, 9.17) is 5.11 Å². The molecule has 0 saturated heterocycles. The van der Waals surface area contributed by atoms with Gasteiger partial charge >= 0.3 is 5.97 Å². The van der Waals surface area contributed by atoms with Gasteiger partial charge in [0.15, 0.2) is 0 Å².